The molecule has 1 aliphatic carbocycles. The zero-order valence-electron chi connectivity index (χ0n) is 9.88. The van der Waals surface area contributed by atoms with Crippen LogP contribution in [-0.4, -0.2) is 17.8 Å². The van der Waals surface area contributed by atoms with Crippen molar-refractivity contribution in [2.45, 2.75) is 32.1 Å². The first-order valence-electron chi connectivity index (χ1n) is 6.09. The summed E-state index contributed by atoms with van der Waals surface area (Å²) in [5.74, 6) is 1.00. The Balaban J connectivity index is 1.64. The van der Waals surface area contributed by atoms with Crippen LogP contribution >= 0.6 is 15.9 Å². The van der Waals surface area contributed by atoms with Crippen LogP contribution in [0.1, 0.15) is 31.4 Å². The molecule has 0 saturated heterocycles. The number of halogens is 1. The second-order valence-corrected chi connectivity index (χ2v) is 5.59. The van der Waals surface area contributed by atoms with Crippen LogP contribution in [0.25, 0.3) is 0 Å². The molecule has 0 aliphatic heterocycles. The minimum absolute atomic E-state index is 0.127. The molecule has 4 heteroatoms. The van der Waals surface area contributed by atoms with Crippen molar-refractivity contribution in [3.05, 3.63) is 24.2 Å². The molecule has 1 N–H and O–H groups in total. The van der Waals surface area contributed by atoms with Crippen LogP contribution < -0.4 is 5.32 Å². The molecule has 17 heavy (non-hydrogen) atoms. The fourth-order valence-corrected chi connectivity index (χ4v) is 2.80. The summed E-state index contributed by atoms with van der Waals surface area (Å²) < 4.78 is 5.19. The average molecular weight is 300 g/mol. The minimum atomic E-state index is 0.127. The van der Waals surface area contributed by atoms with Crippen molar-refractivity contribution in [2.75, 3.05) is 11.9 Å². The highest BCUT2D eigenvalue weighted by atomic mass is 79.9. The molecule has 1 aliphatic rings. The SMILES string of the molecule is O=C(CCc1ccco1)NCC1(CCBr)CC1. The van der Waals surface area contributed by atoms with Crippen LogP contribution in [0.2, 0.25) is 0 Å². The first-order chi connectivity index (χ1) is 8.24. The number of alkyl halides is 1. The van der Waals surface area contributed by atoms with E-state index in [4.69, 9.17) is 4.42 Å². The number of carbonyl (C=O) groups is 1. The monoisotopic (exact) mass is 299 g/mol. The predicted octanol–water partition coefficient (Wildman–Crippen LogP) is 2.89. The number of hydrogen-bond acceptors (Lipinski definition) is 2. The maximum atomic E-state index is 11.7. The first kappa shape index (κ1) is 12.7. The van der Waals surface area contributed by atoms with Crippen LogP contribution in [0.3, 0.4) is 0 Å². The summed E-state index contributed by atoms with van der Waals surface area (Å²) in [6, 6.07) is 3.75. The Morgan fingerprint density at radius 2 is 2.35 bits per heavy atom. The number of aryl methyl sites for hydroxylation is 1. The third kappa shape index (κ3) is 3.87. The second kappa shape index (κ2) is 5.71. The number of furan rings is 1. The molecule has 2 rings (SSSR count). The molecular weight excluding hydrogens is 282 g/mol. The summed E-state index contributed by atoms with van der Waals surface area (Å²) in [6.07, 6.45) is 6.49. The number of amides is 1. The lowest BCUT2D eigenvalue weighted by atomic mass is 10.0. The lowest BCUT2D eigenvalue weighted by molar-refractivity contribution is -0.121. The lowest BCUT2D eigenvalue weighted by Crippen LogP contribution is -2.30. The van der Waals surface area contributed by atoms with Crippen molar-refractivity contribution < 1.29 is 9.21 Å². The van der Waals surface area contributed by atoms with Gasteiger partial charge in [-0.25, -0.2) is 0 Å². The van der Waals surface area contributed by atoms with Gasteiger partial charge in [-0.3, -0.25) is 4.79 Å². The molecular formula is C13H18BrNO2. The van der Waals surface area contributed by atoms with E-state index in [-0.39, 0.29) is 5.91 Å². The van der Waals surface area contributed by atoms with E-state index in [9.17, 15) is 4.79 Å². The van der Waals surface area contributed by atoms with Crippen molar-refractivity contribution in [3.8, 4) is 0 Å². The van der Waals surface area contributed by atoms with Crippen LogP contribution in [0.15, 0.2) is 22.8 Å². The Labute approximate surface area is 110 Å². The standard InChI is InChI=1S/C13H18BrNO2/c14-8-7-13(5-6-13)10-15-12(16)4-3-11-2-1-9-17-11/h1-2,9H,3-8,10H2,(H,15,16). The molecule has 1 aromatic heterocycles. The molecule has 1 aromatic rings. The van der Waals surface area contributed by atoms with E-state index in [1.165, 1.54) is 12.8 Å². The molecule has 1 amide bonds. The molecule has 0 bridgehead atoms. The molecule has 3 nitrogen and oxygen atoms in total. The number of carbonyl (C=O) groups excluding carboxylic acids is 1. The summed E-state index contributed by atoms with van der Waals surface area (Å²) in [5, 5.41) is 4.05. The van der Waals surface area contributed by atoms with Gasteiger partial charge in [0, 0.05) is 24.7 Å². The largest absolute Gasteiger partial charge is 0.469 e. The van der Waals surface area contributed by atoms with Gasteiger partial charge in [0.1, 0.15) is 5.76 Å². The summed E-state index contributed by atoms with van der Waals surface area (Å²) in [7, 11) is 0. The summed E-state index contributed by atoms with van der Waals surface area (Å²) >= 11 is 3.46. The van der Waals surface area contributed by atoms with Gasteiger partial charge in [0.2, 0.25) is 5.91 Å². The normalized spacial score (nSPS) is 16.8. The Morgan fingerprint density at radius 1 is 1.53 bits per heavy atom. The number of rotatable bonds is 7. The van der Waals surface area contributed by atoms with Crippen LogP contribution in [0.4, 0.5) is 0 Å². The molecule has 0 radical (unpaired) electrons. The zero-order valence-corrected chi connectivity index (χ0v) is 11.5. The van der Waals surface area contributed by atoms with Crippen molar-refractivity contribution in [1.82, 2.24) is 5.32 Å². The molecule has 0 spiro atoms. The van der Waals surface area contributed by atoms with Gasteiger partial charge >= 0.3 is 0 Å². The van der Waals surface area contributed by atoms with Gasteiger partial charge in [0.05, 0.1) is 6.26 Å². The maximum Gasteiger partial charge on any atom is 0.220 e. The Hall–Kier alpha value is -0.770. The highest BCUT2D eigenvalue weighted by Gasteiger charge is 2.41. The van der Waals surface area contributed by atoms with Gasteiger partial charge in [-0.2, -0.15) is 0 Å². The Morgan fingerprint density at radius 3 is 2.94 bits per heavy atom. The van der Waals surface area contributed by atoms with Crippen molar-refractivity contribution in [1.29, 1.82) is 0 Å². The van der Waals surface area contributed by atoms with Gasteiger partial charge in [0.15, 0.2) is 0 Å². The molecule has 1 heterocycles. The van der Waals surface area contributed by atoms with E-state index in [1.54, 1.807) is 6.26 Å². The van der Waals surface area contributed by atoms with Crippen LogP contribution in [-0.2, 0) is 11.2 Å². The molecule has 1 saturated carbocycles. The van der Waals surface area contributed by atoms with Gasteiger partial charge < -0.3 is 9.73 Å². The minimum Gasteiger partial charge on any atom is -0.469 e. The van der Waals surface area contributed by atoms with E-state index in [1.807, 2.05) is 12.1 Å². The van der Waals surface area contributed by atoms with Gasteiger partial charge in [-0.05, 0) is 36.8 Å². The third-order valence-electron chi connectivity index (χ3n) is 3.42. The molecule has 0 aromatic carbocycles. The predicted molar refractivity (Wildman–Crippen MR) is 70.1 cm³/mol. The smallest absolute Gasteiger partial charge is 0.220 e. The van der Waals surface area contributed by atoms with E-state index in [0.717, 1.165) is 24.1 Å². The summed E-state index contributed by atoms with van der Waals surface area (Å²) in [5.41, 5.74) is 0.393. The van der Waals surface area contributed by atoms with E-state index in [0.29, 0.717) is 18.3 Å². The Kier molecular flexibility index (Phi) is 4.26. The molecule has 0 atom stereocenters. The highest BCUT2D eigenvalue weighted by molar-refractivity contribution is 9.09. The Bertz CT molecular complexity index is 358. The van der Waals surface area contributed by atoms with Crippen LogP contribution in [0.5, 0.6) is 0 Å². The van der Waals surface area contributed by atoms with Gasteiger partial charge in [-0.1, -0.05) is 15.9 Å². The fraction of sp³-hybridized carbons (Fsp3) is 0.615. The van der Waals surface area contributed by atoms with E-state index < -0.39 is 0 Å². The molecule has 0 unspecified atom stereocenters. The quantitative estimate of drug-likeness (QED) is 0.787. The van der Waals surface area contributed by atoms with E-state index >= 15 is 0 Å². The lowest BCUT2D eigenvalue weighted by Gasteiger charge is -2.14. The first-order valence-corrected chi connectivity index (χ1v) is 7.21. The summed E-state index contributed by atoms with van der Waals surface area (Å²) in [4.78, 5) is 11.7. The van der Waals surface area contributed by atoms with Crippen molar-refractivity contribution in [3.63, 3.8) is 0 Å². The van der Waals surface area contributed by atoms with Crippen molar-refractivity contribution >= 4 is 21.8 Å². The van der Waals surface area contributed by atoms with Gasteiger partial charge in [0.25, 0.3) is 0 Å². The maximum absolute atomic E-state index is 11.7. The van der Waals surface area contributed by atoms with E-state index in [2.05, 4.69) is 21.2 Å². The molecule has 1 fully saturated rings. The zero-order chi connectivity index (χ0) is 12.1. The highest BCUT2D eigenvalue weighted by Crippen LogP contribution is 2.48. The van der Waals surface area contributed by atoms with Gasteiger partial charge in [-0.15, -0.1) is 0 Å². The fourth-order valence-electron chi connectivity index (χ4n) is 1.96. The number of hydrogen-bond donors (Lipinski definition) is 1. The topological polar surface area (TPSA) is 42.2 Å². The third-order valence-corrected chi connectivity index (χ3v) is 3.82. The van der Waals surface area contributed by atoms with Crippen LogP contribution in [0, 0.1) is 5.41 Å². The number of nitrogens with one attached hydrogen (secondary N) is 1. The second-order valence-electron chi connectivity index (χ2n) is 4.80. The summed E-state index contributed by atoms with van der Waals surface area (Å²) in [6.45, 7) is 0.829. The van der Waals surface area contributed by atoms with Crippen molar-refractivity contribution in [2.24, 2.45) is 5.41 Å². The molecule has 94 valence electrons. The average Bonchev–Trinajstić information content (AvgIpc) is 2.90.